The van der Waals surface area contributed by atoms with Crippen molar-refractivity contribution in [2.24, 2.45) is 11.3 Å². The van der Waals surface area contributed by atoms with E-state index in [1.807, 2.05) is 0 Å². The lowest BCUT2D eigenvalue weighted by molar-refractivity contribution is -0.166. The first-order chi connectivity index (χ1) is 9.51. The molecule has 1 heterocycles. The fourth-order valence-electron chi connectivity index (χ4n) is 2.55. The molecule has 1 N–H and O–H groups in total. The van der Waals surface area contributed by atoms with Crippen LogP contribution < -0.4 is 0 Å². The summed E-state index contributed by atoms with van der Waals surface area (Å²) in [5.74, 6) is -2.06. The van der Waals surface area contributed by atoms with E-state index in [9.17, 15) is 19.5 Å². The standard InChI is InChI=1S/C14H23NO6/c1-9-7-15(12(19)20-5)8-14(9,11(17)18)6-10(16)21-13(2,3)4/h9H,6-8H2,1-5H3,(H,17,18)/t9-,14+/m0/s1. The average molecular weight is 301 g/mol. The number of rotatable bonds is 3. The number of carbonyl (C=O) groups is 3. The molecular formula is C14H23NO6. The second-order valence-electron chi connectivity index (χ2n) is 6.48. The van der Waals surface area contributed by atoms with Gasteiger partial charge in [0, 0.05) is 13.1 Å². The number of nitrogens with zero attached hydrogens (tertiary/aromatic N) is 1. The zero-order valence-corrected chi connectivity index (χ0v) is 13.1. The van der Waals surface area contributed by atoms with Gasteiger partial charge in [-0.3, -0.25) is 9.59 Å². The summed E-state index contributed by atoms with van der Waals surface area (Å²) >= 11 is 0. The molecule has 1 saturated heterocycles. The van der Waals surface area contributed by atoms with Crippen molar-refractivity contribution >= 4 is 18.0 Å². The van der Waals surface area contributed by atoms with Crippen molar-refractivity contribution in [2.45, 2.75) is 39.7 Å². The summed E-state index contributed by atoms with van der Waals surface area (Å²) < 4.78 is 9.83. The predicted molar refractivity (Wildman–Crippen MR) is 73.7 cm³/mol. The van der Waals surface area contributed by atoms with Crippen molar-refractivity contribution in [3.8, 4) is 0 Å². The smallest absolute Gasteiger partial charge is 0.409 e. The minimum absolute atomic E-state index is 0.0601. The highest BCUT2D eigenvalue weighted by Gasteiger charge is 2.53. The minimum atomic E-state index is -1.34. The maximum atomic E-state index is 12.0. The molecular weight excluding hydrogens is 278 g/mol. The fraction of sp³-hybridized carbons (Fsp3) is 0.786. The van der Waals surface area contributed by atoms with Gasteiger partial charge in [-0.15, -0.1) is 0 Å². The zero-order chi connectivity index (χ0) is 16.4. The molecule has 1 fully saturated rings. The minimum Gasteiger partial charge on any atom is -0.481 e. The van der Waals surface area contributed by atoms with Gasteiger partial charge >= 0.3 is 18.0 Å². The number of likely N-dealkylation sites (tertiary alicyclic amines) is 1. The third kappa shape index (κ3) is 3.86. The number of hydrogen-bond donors (Lipinski definition) is 1. The van der Waals surface area contributed by atoms with E-state index in [0.717, 1.165) is 0 Å². The summed E-state index contributed by atoms with van der Waals surface area (Å²) in [6.07, 6.45) is -0.858. The average Bonchev–Trinajstić information content (AvgIpc) is 2.64. The highest BCUT2D eigenvalue weighted by molar-refractivity contribution is 5.84. The summed E-state index contributed by atoms with van der Waals surface area (Å²) in [6, 6.07) is 0. The number of carboxylic acids is 1. The Hall–Kier alpha value is -1.79. The number of carboxylic acid groups (broad SMARTS) is 1. The van der Waals surface area contributed by atoms with Gasteiger partial charge < -0.3 is 19.5 Å². The van der Waals surface area contributed by atoms with Crippen molar-refractivity contribution in [1.82, 2.24) is 4.90 Å². The molecule has 0 bridgehead atoms. The van der Waals surface area contributed by atoms with Crippen LogP contribution in [0.2, 0.25) is 0 Å². The van der Waals surface area contributed by atoms with Crippen LogP contribution in [0.5, 0.6) is 0 Å². The van der Waals surface area contributed by atoms with E-state index in [1.165, 1.54) is 12.0 Å². The van der Waals surface area contributed by atoms with E-state index in [0.29, 0.717) is 0 Å². The number of carbonyl (C=O) groups excluding carboxylic acids is 2. The number of ether oxygens (including phenoxy) is 2. The van der Waals surface area contributed by atoms with Gasteiger partial charge in [0.2, 0.25) is 0 Å². The Labute approximate surface area is 124 Å². The van der Waals surface area contributed by atoms with Crippen molar-refractivity contribution in [2.75, 3.05) is 20.2 Å². The molecule has 0 radical (unpaired) electrons. The number of aliphatic carboxylic acids is 1. The second-order valence-corrected chi connectivity index (χ2v) is 6.48. The van der Waals surface area contributed by atoms with Crippen LogP contribution in [-0.2, 0) is 19.1 Å². The Kier molecular flexibility index (Phi) is 4.86. The summed E-state index contributed by atoms with van der Waals surface area (Å²) in [4.78, 5) is 36.6. The van der Waals surface area contributed by atoms with Crippen LogP contribution in [0, 0.1) is 11.3 Å². The van der Waals surface area contributed by atoms with Crippen molar-refractivity contribution in [3.63, 3.8) is 0 Å². The molecule has 7 nitrogen and oxygen atoms in total. The van der Waals surface area contributed by atoms with Gasteiger partial charge in [-0.05, 0) is 26.7 Å². The fourth-order valence-corrected chi connectivity index (χ4v) is 2.55. The molecule has 0 aromatic carbocycles. The maximum absolute atomic E-state index is 12.0. The summed E-state index contributed by atoms with van der Waals surface area (Å²) in [5, 5.41) is 9.57. The molecule has 1 aliphatic heterocycles. The van der Waals surface area contributed by atoms with Crippen molar-refractivity contribution < 1.29 is 29.0 Å². The molecule has 2 atom stereocenters. The van der Waals surface area contributed by atoms with Gasteiger partial charge in [0.1, 0.15) is 11.0 Å². The van der Waals surface area contributed by atoms with Crippen LogP contribution in [-0.4, -0.2) is 53.8 Å². The lowest BCUT2D eigenvalue weighted by Gasteiger charge is -2.29. The van der Waals surface area contributed by atoms with Gasteiger partial charge in [0.25, 0.3) is 0 Å². The van der Waals surface area contributed by atoms with Gasteiger partial charge in [-0.2, -0.15) is 0 Å². The number of methoxy groups -OCH3 is 1. The highest BCUT2D eigenvalue weighted by Crippen LogP contribution is 2.40. The molecule has 1 amide bonds. The molecule has 0 spiro atoms. The normalized spacial score (nSPS) is 25.6. The molecule has 0 aliphatic carbocycles. The SMILES string of the molecule is COC(=O)N1C[C@H](C)[C@](CC(=O)OC(C)(C)C)(C(=O)O)C1. The molecule has 1 aliphatic rings. The first-order valence-corrected chi connectivity index (χ1v) is 6.80. The van der Waals surface area contributed by atoms with Crippen molar-refractivity contribution in [1.29, 1.82) is 0 Å². The monoisotopic (exact) mass is 301 g/mol. The third-order valence-corrected chi connectivity index (χ3v) is 3.65. The third-order valence-electron chi connectivity index (χ3n) is 3.65. The van der Waals surface area contributed by atoms with Crippen LogP contribution in [0.25, 0.3) is 0 Å². The lowest BCUT2D eigenvalue weighted by Crippen LogP contribution is -2.42. The van der Waals surface area contributed by atoms with E-state index in [-0.39, 0.29) is 25.4 Å². The number of hydrogen-bond acceptors (Lipinski definition) is 5. The molecule has 7 heteroatoms. The zero-order valence-electron chi connectivity index (χ0n) is 13.1. The van der Waals surface area contributed by atoms with E-state index in [2.05, 4.69) is 4.74 Å². The molecule has 0 saturated carbocycles. The number of amides is 1. The highest BCUT2D eigenvalue weighted by atomic mass is 16.6. The number of esters is 1. The van der Waals surface area contributed by atoms with Crippen LogP contribution in [0.4, 0.5) is 4.79 Å². The van der Waals surface area contributed by atoms with Crippen LogP contribution in [0.3, 0.4) is 0 Å². The van der Waals surface area contributed by atoms with Gasteiger partial charge in [0.15, 0.2) is 0 Å². The first-order valence-electron chi connectivity index (χ1n) is 6.80. The maximum Gasteiger partial charge on any atom is 0.409 e. The Bertz CT molecular complexity index is 441. The Morgan fingerprint density at radius 1 is 1.33 bits per heavy atom. The van der Waals surface area contributed by atoms with Crippen LogP contribution in [0.15, 0.2) is 0 Å². The second kappa shape index (κ2) is 5.91. The predicted octanol–water partition coefficient (Wildman–Crippen LogP) is 1.51. The summed E-state index contributed by atoms with van der Waals surface area (Å²) in [5.41, 5.74) is -2.02. The molecule has 0 aromatic heterocycles. The van der Waals surface area contributed by atoms with E-state index in [4.69, 9.17) is 4.74 Å². The molecule has 0 unspecified atom stereocenters. The van der Waals surface area contributed by atoms with Gasteiger partial charge in [-0.1, -0.05) is 6.92 Å². The largest absolute Gasteiger partial charge is 0.481 e. The Balaban J connectivity index is 2.93. The summed E-state index contributed by atoms with van der Waals surface area (Å²) in [6.45, 7) is 7.05. The first kappa shape index (κ1) is 17.3. The summed E-state index contributed by atoms with van der Waals surface area (Å²) in [7, 11) is 1.24. The van der Waals surface area contributed by atoms with Gasteiger partial charge in [0.05, 0.1) is 13.5 Å². The molecule has 21 heavy (non-hydrogen) atoms. The lowest BCUT2D eigenvalue weighted by atomic mass is 9.76. The van der Waals surface area contributed by atoms with Crippen LogP contribution in [0.1, 0.15) is 34.1 Å². The van der Waals surface area contributed by atoms with E-state index >= 15 is 0 Å². The Morgan fingerprint density at radius 2 is 1.90 bits per heavy atom. The van der Waals surface area contributed by atoms with Crippen molar-refractivity contribution in [3.05, 3.63) is 0 Å². The van der Waals surface area contributed by atoms with E-state index < -0.39 is 29.0 Å². The quantitative estimate of drug-likeness (QED) is 0.794. The molecule has 0 aromatic rings. The Morgan fingerprint density at radius 3 is 2.33 bits per heavy atom. The van der Waals surface area contributed by atoms with E-state index in [1.54, 1.807) is 27.7 Å². The molecule has 1 rings (SSSR count). The van der Waals surface area contributed by atoms with Gasteiger partial charge in [-0.25, -0.2) is 4.79 Å². The molecule has 120 valence electrons. The topological polar surface area (TPSA) is 93.1 Å². The van der Waals surface area contributed by atoms with Crippen LogP contribution >= 0.6 is 0 Å².